The molecule has 2 atom stereocenters. The highest BCUT2D eigenvalue weighted by Gasteiger charge is 2.35. The molecule has 1 fully saturated rings. The van der Waals surface area contributed by atoms with Crippen molar-refractivity contribution in [2.75, 3.05) is 13.1 Å². The van der Waals surface area contributed by atoms with Gasteiger partial charge in [0.2, 0.25) is 0 Å². The topological polar surface area (TPSA) is 82.1 Å². The number of amides is 1. The quantitative estimate of drug-likeness (QED) is 0.890. The zero-order chi connectivity index (χ0) is 17.4. The Hall–Kier alpha value is -2.21. The smallest absolute Gasteiger partial charge is 0.255 e. The zero-order valence-electron chi connectivity index (χ0n) is 14.5. The predicted molar refractivity (Wildman–Crippen MR) is 93.3 cm³/mol. The molecule has 1 amide bonds. The van der Waals surface area contributed by atoms with Gasteiger partial charge in [-0.2, -0.15) is 5.10 Å². The maximum Gasteiger partial charge on any atom is 0.255 e. The summed E-state index contributed by atoms with van der Waals surface area (Å²) in [4.78, 5) is 19.1. The summed E-state index contributed by atoms with van der Waals surface area (Å²) in [5, 5.41) is 17.5. The number of hydrogen-bond acceptors (Lipinski definition) is 4. The van der Waals surface area contributed by atoms with E-state index in [4.69, 9.17) is 0 Å². The van der Waals surface area contributed by atoms with Crippen molar-refractivity contribution in [2.24, 2.45) is 5.92 Å². The summed E-state index contributed by atoms with van der Waals surface area (Å²) in [5.41, 5.74) is 4.93. The molecular weight excluding hydrogens is 316 g/mol. The first kappa shape index (κ1) is 16.3. The molecule has 1 aliphatic carbocycles. The Balaban J connectivity index is 1.46. The summed E-state index contributed by atoms with van der Waals surface area (Å²) in [6.45, 7) is 2.90. The van der Waals surface area contributed by atoms with Gasteiger partial charge in [0.05, 0.1) is 17.4 Å². The van der Waals surface area contributed by atoms with E-state index in [0.29, 0.717) is 25.1 Å². The number of likely N-dealkylation sites (tertiary alicyclic amines) is 1. The molecule has 3 heterocycles. The van der Waals surface area contributed by atoms with E-state index in [-0.39, 0.29) is 11.8 Å². The van der Waals surface area contributed by atoms with Crippen molar-refractivity contribution < 1.29 is 9.90 Å². The van der Waals surface area contributed by atoms with E-state index in [2.05, 4.69) is 15.2 Å². The van der Waals surface area contributed by atoms with Gasteiger partial charge in [-0.15, -0.1) is 0 Å². The Morgan fingerprint density at radius 3 is 2.96 bits per heavy atom. The standard InChI is InChI=1S/C19H24N4O2/c1-12-6-16(22-21-12)8-15-10-23(11-18(15)24)19(25)14-7-13-4-2-3-5-17(13)20-9-14/h6-7,9,15,18,24H,2-5,8,10-11H2,1H3,(H,21,22)/t15-,18-/m1/s1. The van der Waals surface area contributed by atoms with Crippen LogP contribution in [0.1, 0.15) is 45.8 Å². The first-order valence-corrected chi connectivity index (χ1v) is 9.06. The van der Waals surface area contributed by atoms with E-state index < -0.39 is 6.10 Å². The molecule has 4 rings (SSSR count). The largest absolute Gasteiger partial charge is 0.391 e. The van der Waals surface area contributed by atoms with Gasteiger partial charge in [-0.25, -0.2) is 0 Å². The van der Waals surface area contributed by atoms with E-state index in [1.165, 1.54) is 18.4 Å². The average Bonchev–Trinajstić information content (AvgIpc) is 3.20. The molecule has 1 saturated heterocycles. The Labute approximate surface area is 147 Å². The number of H-pyrrole nitrogens is 1. The zero-order valence-corrected chi connectivity index (χ0v) is 14.5. The second-order valence-corrected chi connectivity index (χ2v) is 7.32. The molecule has 0 bridgehead atoms. The number of aryl methyl sites for hydroxylation is 3. The lowest BCUT2D eigenvalue weighted by atomic mass is 9.95. The summed E-state index contributed by atoms with van der Waals surface area (Å²) in [6, 6.07) is 3.99. The fourth-order valence-corrected chi connectivity index (χ4v) is 3.96. The molecule has 6 heteroatoms. The Morgan fingerprint density at radius 2 is 2.16 bits per heavy atom. The van der Waals surface area contributed by atoms with Crippen LogP contribution in [0.25, 0.3) is 0 Å². The number of carbonyl (C=O) groups is 1. The Kier molecular flexibility index (Phi) is 4.29. The average molecular weight is 340 g/mol. The number of aliphatic hydroxyl groups excluding tert-OH is 1. The number of carbonyl (C=O) groups excluding carboxylic acids is 1. The monoisotopic (exact) mass is 340 g/mol. The number of hydrogen-bond donors (Lipinski definition) is 2. The molecule has 2 aliphatic rings. The van der Waals surface area contributed by atoms with Crippen LogP contribution in [0.2, 0.25) is 0 Å². The summed E-state index contributed by atoms with van der Waals surface area (Å²) in [7, 11) is 0. The third-order valence-corrected chi connectivity index (χ3v) is 5.34. The van der Waals surface area contributed by atoms with E-state index in [1.807, 2.05) is 19.1 Å². The lowest BCUT2D eigenvalue weighted by Crippen LogP contribution is -2.30. The van der Waals surface area contributed by atoms with Gasteiger partial charge in [0.1, 0.15) is 0 Å². The molecule has 25 heavy (non-hydrogen) atoms. The fraction of sp³-hybridized carbons (Fsp3) is 0.526. The van der Waals surface area contributed by atoms with E-state index in [0.717, 1.165) is 29.9 Å². The molecular formula is C19H24N4O2. The van der Waals surface area contributed by atoms with E-state index in [1.54, 1.807) is 11.1 Å². The van der Waals surface area contributed by atoms with Crippen molar-refractivity contribution >= 4 is 5.91 Å². The third-order valence-electron chi connectivity index (χ3n) is 5.34. The van der Waals surface area contributed by atoms with Gasteiger partial charge in [0, 0.05) is 36.6 Å². The molecule has 2 N–H and O–H groups in total. The molecule has 0 aromatic carbocycles. The second kappa shape index (κ2) is 6.59. The molecule has 0 saturated carbocycles. The number of nitrogens with one attached hydrogen (secondary N) is 1. The summed E-state index contributed by atoms with van der Waals surface area (Å²) >= 11 is 0. The van der Waals surface area contributed by atoms with Crippen molar-refractivity contribution in [3.63, 3.8) is 0 Å². The number of aliphatic hydroxyl groups is 1. The molecule has 2 aromatic rings. The summed E-state index contributed by atoms with van der Waals surface area (Å²) in [5.74, 6) is -0.00197. The van der Waals surface area contributed by atoms with Gasteiger partial charge in [-0.3, -0.25) is 14.9 Å². The lowest BCUT2D eigenvalue weighted by Gasteiger charge is -2.19. The number of aromatic nitrogens is 3. The minimum absolute atomic E-state index is 0.0252. The van der Waals surface area contributed by atoms with Crippen molar-refractivity contribution in [1.82, 2.24) is 20.1 Å². The molecule has 0 radical (unpaired) electrons. The molecule has 0 unspecified atom stereocenters. The van der Waals surface area contributed by atoms with Gasteiger partial charge in [-0.05, 0) is 56.7 Å². The van der Waals surface area contributed by atoms with Gasteiger partial charge in [-0.1, -0.05) is 0 Å². The lowest BCUT2D eigenvalue weighted by molar-refractivity contribution is 0.0764. The molecule has 2 aromatic heterocycles. The molecule has 6 nitrogen and oxygen atoms in total. The number of aromatic amines is 1. The molecule has 132 valence electrons. The van der Waals surface area contributed by atoms with Crippen LogP contribution in [0.4, 0.5) is 0 Å². The number of β-amino-alcohol motifs (C(OH)–C–C–N with tert-alkyl or cyclic N) is 1. The summed E-state index contributed by atoms with van der Waals surface area (Å²) in [6.07, 6.45) is 6.23. The van der Waals surface area contributed by atoms with Crippen LogP contribution in [0, 0.1) is 12.8 Å². The number of pyridine rings is 1. The number of nitrogens with zero attached hydrogens (tertiary/aromatic N) is 3. The first-order valence-electron chi connectivity index (χ1n) is 9.06. The van der Waals surface area contributed by atoms with Gasteiger partial charge >= 0.3 is 0 Å². The highest BCUT2D eigenvalue weighted by molar-refractivity contribution is 5.94. The van der Waals surface area contributed by atoms with Gasteiger partial charge < -0.3 is 10.0 Å². The summed E-state index contributed by atoms with van der Waals surface area (Å²) < 4.78 is 0. The van der Waals surface area contributed by atoms with Crippen LogP contribution < -0.4 is 0 Å². The van der Waals surface area contributed by atoms with Crippen LogP contribution in [-0.4, -0.2) is 50.3 Å². The van der Waals surface area contributed by atoms with E-state index >= 15 is 0 Å². The van der Waals surface area contributed by atoms with Crippen LogP contribution >= 0.6 is 0 Å². The van der Waals surface area contributed by atoms with Crippen molar-refractivity contribution in [3.05, 3.63) is 46.5 Å². The number of rotatable bonds is 3. The maximum atomic E-state index is 12.8. The molecule has 1 aliphatic heterocycles. The van der Waals surface area contributed by atoms with E-state index in [9.17, 15) is 9.90 Å². The third kappa shape index (κ3) is 3.31. The number of fused-ring (bicyclic) bond motifs is 1. The van der Waals surface area contributed by atoms with Crippen molar-refractivity contribution in [1.29, 1.82) is 0 Å². The Morgan fingerprint density at radius 1 is 1.32 bits per heavy atom. The second-order valence-electron chi connectivity index (χ2n) is 7.32. The molecule has 0 spiro atoms. The highest BCUT2D eigenvalue weighted by Crippen LogP contribution is 2.25. The van der Waals surface area contributed by atoms with Crippen LogP contribution in [0.15, 0.2) is 18.3 Å². The minimum atomic E-state index is -0.508. The van der Waals surface area contributed by atoms with Crippen LogP contribution in [0.3, 0.4) is 0 Å². The van der Waals surface area contributed by atoms with Crippen LogP contribution in [0.5, 0.6) is 0 Å². The van der Waals surface area contributed by atoms with Crippen LogP contribution in [-0.2, 0) is 19.3 Å². The minimum Gasteiger partial charge on any atom is -0.391 e. The highest BCUT2D eigenvalue weighted by atomic mass is 16.3. The maximum absolute atomic E-state index is 12.8. The fourth-order valence-electron chi connectivity index (χ4n) is 3.96. The first-order chi connectivity index (χ1) is 12.1. The van der Waals surface area contributed by atoms with Gasteiger partial charge in [0.15, 0.2) is 0 Å². The van der Waals surface area contributed by atoms with Crippen molar-refractivity contribution in [3.8, 4) is 0 Å². The Bertz CT molecular complexity index is 785. The normalized spacial score (nSPS) is 22.9. The SMILES string of the molecule is Cc1cc(C[C@@H]2CN(C(=O)c3cnc4c(c3)CCCC4)C[C@H]2O)n[nH]1. The van der Waals surface area contributed by atoms with Gasteiger partial charge in [0.25, 0.3) is 5.91 Å². The van der Waals surface area contributed by atoms with Crippen molar-refractivity contribution in [2.45, 2.75) is 45.1 Å². The predicted octanol–water partition coefficient (Wildman–Crippen LogP) is 1.67.